The number of carbonyl (C=O) groups is 1. The molecule has 4 rings (SSSR count). The van der Waals surface area contributed by atoms with Gasteiger partial charge in [0.2, 0.25) is 0 Å². The highest BCUT2D eigenvalue weighted by Gasteiger charge is 2.22. The maximum Gasteiger partial charge on any atom is 0.321 e. The summed E-state index contributed by atoms with van der Waals surface area (Å²) < 4.78 is 1.71. The third kappa shape index (κ3) is 4.37. The van der Waals surface area contributed by atoms with Gasteiger partial charge in [0.1, 0.15) is 0 Å². The zero-order valence-electron chi connectivity index (χ0n) is 16.7. The van der Waals surface area contributed by atoms with Crippen molar-refractivity contribution in [2.75, 3.05) is 36.4 Å². The van der Waals surface area contributed by atoms with Crippen LogP contribution in [0.5, 0.6) is 0 Å². The number of aryl methyl sites for hydroxylation is 2. The first-order chi connectivity index (χ1) is 14.1. The van der Waals surface area contributed by atoms with E-state index in [4.69, 9.17) is 0 Å². The van der Waals surface area contributed by atoms with Crippen molar-refractivity contribution in [1.29, 1.82) is 0 Å². The number of amides is 2. The molecule has 0 unspecified atom stereocenters. The molecule has 0 radical (unpaired) electrons. The maximum atomic E-state index is 12.5. The molecule has 0 atom stereocenters. The Morgan fingerprint density at radius 2 is 1.66 bits per heavy atom. The molecule has 29 heavy (non-hydrogen) atoms. The normalized spacial score (nSPS) is 14.1. The van der Waals surface area contributed by atoms with Crippen LogP contribution in [0.25, 0.3) is 5.82 Å². The van der Waals surface area contributed by atoms with Crippen LogP contribution in [0, 0.1) is 6.92 Å². The van der Waals surface area contributed by atoms with Crippen LogP contribution in [-0.4, -0.2) is 57.1 Å². The quantitative estimate of drug-likeness (QED) is 0.740. The van der Waals surface area contributed by atoms with E-state index in [1.807, 2.05) is 60.5 Å². The molecule has 1 N–H and O–H groups in total. The van der Waals surface area contributed by atoms with Gasteiger partial charge in [-0.15, -0.1) is 10.2 Å². The fraction of sp³-hybridized carbons (Fsp3) is 0.333. The molecular weight excluding hydrogens is 366 g/mol. The van der Waals surface area contributed by atoms with E-state index in [-0.39, 0.29) is 6.03 Å². The summed E-state index contributed by atoms with van der Waals surface area (Å²) in [5, 5.41) is 15.9. The summed E-state index contributed by atoms with van der Waals surface area (Å²) in [4.78, 5) is 16.5. The second-order valence-electron chi connectivity index (χ2n) is 7.11. The number of piperazine rings is 1. The third-order valence-electron chi connectivity index (χ3n) is 5.10. The molecule has 0 bridgehead atoms. The lowest BCUT2D eigenvalue weighted by molar-refractivity contribution is 0.208. The predicted octanol–water partition coefficient (Wildman–Crippen LogP) is 2.89. The van der Waals surface area contributed by atoms with Crippen molar-refractivity contribution in [1.82, 2.24) is 24.9 Å². The van der Waals surface area contributed by atoms with Crippen LogP contribution in [0.2, 0.25) is 0 Å². The summed E-state index contributed by atoms with van der Waals surface area (Å²) in [7, 11) is 0. The number of nitrogens with zero attached hydrogens (tertiary/aromatic N) is 6. The average molecular weight is 391 g/mol. The molecule has 8 heteroatoms. The molecule has 8 nitrogen and oxygen atoms in total. The Kier molecular flexibility index (Phi) is 5.41. The van der Waals surface area contributed by atoms with Gasteiger partial charge in [0.25, 0.3) is 0 Å². The second kappa shape index (κ2) is 8.30. The lowest BCUT2D eigenvalue weighted by Gasteiger charge is -2.35. The predicted molar refractivity (Wildman–Crippen MR) is 113 cm³/mol. The van der Waals surface area contributed by atoms with Gasteiger partial charge >= 0.3 is 6.03 Å². The number of anilines is 2. The molecule has 150 valence electrons. The lowest BCUT2D eigenvalue weighted by atomic mass is 10.1. The highest BCUT2D eigenvalue weighted by Crippen LogP contribution is 2.16. The number of benzene rings is 1. The van der Waals surface area contributed by atoms with Crippen LogP contribution in [0.4, 0.5) is 16.3 Å². The van der Waals surface area contributed by atoms with Crippen molar-refractivity contribution in [3.8, 4) is 5.82 Å². The Morgan fingerprint density at radius 1 is 0.966 bits per heavy atom. The minimum atomic E-state index is -0.0654. The number of hydrogen-bond donors (Lipinski definition) is 1. The van der Waals surface area contributed by atoms with E-state index < -0.39 is 0 Å². The van der Waals surface area contributed by atoms with Crippen LogP contribution < -0.4 is 10.2 Å². The van der Waals surface area contributed by atoms with E-state index in [1.54, 1.807) is 4.68 Å². The fourth-order valence-electron chi connectivity index (χ4n) is 3.32. The minimum Gasteiger partial charge on any atom is -0.352 e. The fourth-order valence-corrected chi connectivity index (χ4v) is 3.32. The van der Waals surface area contributed by atoms with Crippen LogP contribution in [0.1, 0.15) is 18.2 Å². The maximum absolute atomic E-state index is 12.5. The summed E-state index contributed by atoms with van der Waals surface area (Å²) in [6, 6.07) is 13.7. The van der Waals surface area contributed by atoms with Crippen molar-refractivity contribution in [3.05, 3.63) is 59.9 Å². The highest BCUT2D eigenvalue weighted by atomic mass is 16.2. The minimum absolute atomic E-state index is 0.0654. The number of nitrogens with one attached hydrogen (secondary N) is 1. The molecule has 1 aromatic carbocycles. The van der Waals surface area contributed by atoms with Crippen LogP contribution >= 0.6 is 0 Å². The van der Waals surface area contributed by atoms with E-state index in [9.17, 15) is 4.79 Å². The summed E-state index contributed by atoms with van der Waals surface area (Å²) in [6.07, 6.45) is 2.85. The first-order valence-electron chi connectivity index (χ1n) is 9.88. The number of carbonyl (C=O) groups excluding carboxylic acids is 1. The van der Waals surface area contributed by atoms with Crippen molar-refractivity contribution >= 4 is 17.5 Å². The van der Waals surface area contributed by atoms with Gasteiger partial charge in [0, 0.05) is 38.1 Å². The van der Waals surface area contributed by atoms with Gasteiger partial charge in [-0.3, -0.25) is 0 Å². The monoisotopic (exact) mass is 391 g/mol. The molecule has 1 aliphatic rings. The Labute approximate surface area is 170 Å². The molecule has 3 aromatic rings. The van der Waals surface area contributed by atoms with E-state index in [0.717, 1.165) is 36.7 Å². The number of urea groups is 1. The van der Waals surface area contributed by atoms with Crippen molar-refractivity contribution in [2.45, 2.75) is 20.3 Å². The molecule has 0 aliphatic carbocycles. The Balaban J connectivity index is 1.32. The summed E-state index contributed by atoms with van der Waals surface area (Å²) in [5.74, 6) is 1.50. The van der Waals surface area contributed by atoms with Crippen molar-refractivity contribution < 1.29 is 4.79 Å². The van der Waals surface area contributed by atoms with Gasteiger partial charge in [0.15, 0.2) is 11.6 Å². The topological polar surface area (TPSA) is 79.2 Å². The van der Waals surface area contributed by atoms with Crippen molar-refractivity contribution in [2.24, 2.45) is 0 Å². The molecule has 0 saturated carbocycles. The molecule has 1 saturated heterocycles. The number of aromatic nitrogens is 4. The van der Waals surface area contributed by atoms with Crippen molar-refractivity contribution in [3.63, 3.8) is 0 Å². The van der Waals surface area contributed by atoms with E-state index in [2.05, 4.69) is 32.4 Å². The molecular formula is C21H25N7O. The zero-order valence-corrected chi connectivity index (χ0v) is 16.7. The standard InChI is InChI=1S/C21H25N7O/c1-3-17-4-6-18(7-5-17)22-21(29)27-14-12-26(13-15-27)19-8-9-20(24-23-19)28-11-10-16(2)25-28/h4-11H,3,12-15H2,1-2H3,(H,22,29). The lowest BCUT2D eigenvalue weighted by Crippen LogP contribution is -2.50. The van der Waals surface area contributed by atoms with Crippen LogP contribution in [0.3, 0.4) is 0 Å². The summed E-state index contributed by atoms with van der Waals surface area (Å²) in [5.41, 5.74) is 3.02. The third-order valence-corrected chi connectivity index (χ3v) is 5.10. The number of hydrogen-bond acceptors (Lipinski definition) is 5. The van der Waals surface area contributed by atoms with Gasteiger partial charge in [-0.2, -0.15) is 5.10 Å². The smallest absolute Gasteiger partial charge is 0.321 e. The molecule has 0 spiro atoms. The first kappa shape index (κ1) is 18.9. The SMILES string of the molecule is CCc1ccc(NC(=O)N2CCN(c3ccc(-n4ccc(C)n4)nn3)CC2)cc1. The van der Waals surface area contributed by atoms with E-state index >= 15 is 0 Å². The molecule has 1 aliphatic heterocycles. The Hall–Kier alpha value is -3.42. The Bertz CT molecular complexity index is 957. The average Bonchev–Trinajstić information content (AvgIpc) is 3.21. The van der Waals surface area contributed by atoms with Gasteiger partial charge in [-0.25, -0.2) is 9.48 Å². The largest absolute Gasteiger partial charge is 0.352 e. The van der Waals surface area contributed by atoms with Gasteiger partial charge in [-0.05, 0) is 49.2 Å². The Morgan fingerprint density at radius 3 is 2.24 bits per heavy atom. The van der Waals surface area contributed by atoms with Gasteiger partial charge in [0.05, 0.1) is 5.69 Å². The highest BCUT2D eigenvalue weighted by molar-refractivity contribution is 5.89. The summed E-state index contributed by atoms with van der Waals surface area (Å²) >= 11 is 0. The van der Waals surface area contributed by atoms with Crippen LogP contribution in [-0.2, 0) is 6.42 Å². The molecule has 1 fully saturated rings. The first-order valence-corrected chi connectivity index (χ1v) is 9.88. The molecule has 2 aromatic heterocycles. The summed E-state index contributed by atoms with van der Waals surface area (Å²) in [6.45, 7) is 6.77. The van der Waals surface area contributed by atoms with E-state index in [1.165, 1.54) is 5.56 Å². The number of rotatable bonds is 4. The molecule has 2 amide bonds. The van der Waals surface area contributed by atoms with E-state index in [0.29, 0.717) is 18.9 Å². The van der Waals surface area contributed by atoms with Gasteiger partial charge in [-0.1, -0.05) is 19.1 Å². The molecule has 3 heterocycles. The van der Waals surface area contributed by atoms with Gasteiger partial charge < -0.3 is 15.1 Å². The van der Waals surface area contributed by atoms with Crippen LogP contribution in [0.15, 0.2) is 48.7 Å². The zero-order chi connectivity index (χ0) is 20.2. The second-order valence-corrected chi connectivity index (χ2v) is 7.11.